The van der Waals surface area contributed by atoms with Gasteiger partial charge in [0.2, 0.25) is 0 Å². The maximum atomic E-state index is 11.7. The second-order valence-electron chi connectivity index (χ2n) is 13.7. The van der Waals surface area contributed by atoms with E-state index in [0.29, 0.717) is 31.3 Å². The highest BCUT2D eigenvalue weighted by Crippen LogP contribution is 2.69. The molecule has 0 unspecified atom stereocenters. The third-order valence-electron chi connectivity index (χ3n) is 11.7. The quantitative estimate of drug-likeness (QED) is 0.253. The van der Waals surface area contributed by atoms with Crippen LogP contribution in [0.3, 0.4) is 0 Å². The van der Waals surface area contributed by atoms with Gasteiger partial charge in [0.15, 0.2) is 0 Å². The Hall–Kier alpha value is -1.75. The van der Waals surface area contributed by atoms with E-state index in [2.05, 4.69) is 20.8 Å². The van der Waals surface area contributed by atoms with E-state index in [0.717, 1.165) is 44.9 Å². The van der Waals surface area contributed by atoms with Gasteiger partial charge in [-0.2, -0.15) is 0 Å². The number of methoxy groups -OCH3 is 1. The molecule has 4 saturated carbocycles. The van der Waals surface area contributed by atoms with Gasteiger partial charge in [-0.15, -0.1) is 0 Å². The van der Waals surface area contributed by atoms with Crippen molar-refractivity contribution in [2.45, 2.75) is 96.9 Å². The average molecular weight is 583 g/mol. The number of hydrogen-bond acceptors (Lipinski definition) is 7. The summed E-state index contributed by atoms with van der Waals surface area (Å²) in [4.78, 5) is 34.4. The van der Waals surface area contributed by atoms with E-state index < -0.39 is 17.9 Å². The molecule has 4 rings (SSSR count). The van der Waals surface area contributed by atoms with Crippen molar-refractivity contribution in [3.63, 3.8) is 0 Å². The molecule has 4 aliphatic carbocycles. The molecule has 0 heterocycles. The molecule has 234 valence electrons. The molecule has 4 fully saturated rings. The molecule has 0 spiro atoms. The minimum absolute atomic E-state index is 0.0782. The molecule has 4 aliphatic rings. The summed E-state index contributed by atoms with van der Waals surface area (Å²) in [6.07, 6.45) is 7.19. The Morgan fingerprint density at radius 1 is 0.854 bits per heavy atom. The van der Waals surface area contributed by atoms with E-state index in [4.69, 9.17) is 24.1 Å². The van der Waals surface area contributed by atoms with Crippen molar-refractivity contribution in [2.24, 2.45) is 46.3 Å². The van der Waals surface area contributed by atoms with Crippen LogP contribution in [0.25, 0.3) is 0 Å². The zero-order chi connectivity index (χ0) is 29.9. The van der Waals surface area contributed by atoms with Gasteiger partial charge in [0.25, 0.3) is 0 Å². The van der Waals surface area contributed by atoms with Gasteiger partial charge < -0.3 is 34.3 Å². The molecule has 0 aromatic carbocycles. The lowest BCUT2D eigenvalue weighted by atomic mass is 9.43. The summed E-state index contributed by atoms with van der Waals surface area (Å²) in [6, 6.07) is 0. The smallest absolute Gasteiger partial charge is 0.329 e. The van der Waals surface area contributed by atoms with Crippen LogP contribution in [-0.4, -0.2) is 85.1 Å². The largest absolute Gasteiger partial charge is 0.480 e. The van der Waals surface area contributed by atoms with Crippen LogP contribution in [0.4, 0.5) is 0 Å². The highest BCUT2D eigenvalue weighted by molar-refractivity contribution is 5.68. The fourth-order valence-corrected chi connectivity index (χ4v) is 9.93. The number of carbonyl (C=O) groups is 3. The molecule has 11 atom stereocenters. The van der Waals surface area contributed by atoms with Crippen molar-refractivity contribution in [3.8, 4) is 0 Å². The number of carboxylic acids is 3. The van der Waals surface area contributed by atoms with Crippen LogP contribution >= 0.6 is 0 Å². The Balaban J connectivity index is 1.67. The molecule has 41 heavy (non-hydrogen) atoms. The Labute approximate surface area is 243 Å². The summed E-state index contributed by atoms with van der Waals surface area (Å²) < 4.78 is 23.6. The molecule has 0 bridgehead atoms. The van der Waals surface area contributed by atoms with Gasteiger partial charge in [-0.3, -0.25) is 0 Å². The molecule has 10 nitrogen and oxygen atoms in total. The van der Waals surface area contributed by atoms with Gasteiger partial charge in [0, 0.05) is 19.1 Å². The second-order valence-corrected chi connectivity index (χ2v) is 13.7. The Morgan fingerprint density at radius 2 is 1.51 bits per heavy atom. The van der Waals surface area contributed by atoms with Crippen molar-refractivity contribution in [2.75, 3.05) is 33.5 Å². The standard InChI is InChI=1S/C31H50O10/c1-18(6-5-11-38-4)21-7-8-22-29-23(14-25(31(21,22)3)41-17-28(36)37)30(2)10-9-20(39-15-26(32)33)12-19(30)13-24(29)40-16-27(34)35/h18-25,29H,5-17H2,1-4H3,(H,32,33)(H,34,35)(H,36,37)/t18-,19+,20-,21-,22+,23+,24-,25+,29+,30+,31-/m1/s1. The summed E-state index contributed by atoms with van der Waals surface area (Å²) >= 11 is 0. The fourth-order valence-electron chi connectivity index (χ4n) is 9.93. The van der Waals surface area contributed by atoms with Crippen molar-refractivity contribution >= 4 is 17.9 Å². The Bertz CT molecular complexity index is 940. The maximum absolute atomic E-state index is 11.7. The summed E-state index contributed by atoms with van der Waals surface area (Å²) in [6.45, 7) is 6.62. The third-order valence-corrected chi connectivity index (χ3v) is 11.7. The SMILES string of the molecule is COCCC[C@@H](C)[C@H]1CC[C@H]2[C@@H]3[C@H](OCC(=O)O)C[C@@H]4C[C@H](OCC(=O)O)CC[C@]4(C)[C@H]3C[C@H](OCC(=O)O)[C@]12C. The van der Waals surface area contributed by atoms with E-state index in [9.17, 15) is 24.6 Å². The Morgan fingerprint density at radius 3 is 2.17 bits per heavy atom. The molecule has 3 N–H and O–H groups in total. The second kappa shape index (κ2) is 13.3. The van der Waals surface area contributed by atoms with Crippen LogP contribution in [0, 0.1) is 46.3 Å². The van der Waals surface area contributed by atoms with Crippen molar-refractivity contribution in [3.05, 3.63) is 0 Å². The predicted octanol–water partition coefficient (Wildman–Crippen LogP) is 4.34. The number of carboxylic acid groups (broad SMARTS) is 3. The highest BCUT2D eigenvalue weighted by Gasteiger charge is 2.66. The minimum atomic E-state index is -0.987. The van der Waals surface area contributed by atoms with Crippen LogP contribution < -0.4 is 0 Å². The third kappa shape index (κ3) is 6.60. The van der Waals surface area contributed by atoms with Gasteiger partial charge >= 0.3 is 17.9 Å². The van der Waals surface area contributed by atoms with Crippen molar-refractivity contribution < 1.29 is 48.7 Å². The van der Waals surface area contributed by atoms with Gasteiger partial charge in [0.05, 0.1) is 18.3 Å². The number of rotatable bonds is 14. The first-order valence-corrected chi connectivity index (χ1v) is 15.4. The van der Waals surface area contributed by atoms with Crippen LogP contribution in [-0.2, 0) is 33.3 Å². The molecule has 0 aromatic heterocycles. The van der Waals surface area contributed by atoms with E-state index in [1.165, 1.54) is 0 Å². The van der Waals surface area contributed by atoms with Gasteiger partial charge in [0.1, 0.15) is 19.8 Å². The average Bonchev–Trinajstić information content (AvgIpc) is 3.27. The van der Waals surface area contributed by atoms with Gasteiger partial charge in [-0.1, -0.05) is 20.8 Å². The summed E-state index contributed by atoms with van der Waals surface area (Å²) in [5, 5.41) is 28.2. The molecular weight excluding hydrogens is 532 g/mol. The van der Waals surface area contributed by atoms with Crippen LogP contribution in [0.1, 0.15) is 78.6 Å². The number of ether oxygens (including phenoxy) is 4. The monoisotopic (exact) mass is 582 g/mol. The number of hydrogen-bond donors (Lipinski definition) is 3. The molecule has 0 saturated heterocycles. The number of aliphatic carboxylic acids is 3. The first kappa shape index (κ1) is 32.2. The van der Waals surface area contributed by atoms with E-state index in [-0.39, 0.29) is 72.6 Å². The topological polar surface area (TPSA) is 149 Å². The van der Waals surface area contributed by atoms with Crippen molar-refractivity contribution in [1.82, 2.24) is 0 Å². The van der Waals surface area contributed by atoms with Crippen LogP contribution in [0.15, 0.2) is 0 Å². The molecule has 0 radical (unpaired) electrons. The van der Waals surface area contributed by atoms with Crippen LogP contribution in [0.5, 0.6) is 0 Å². The van der Waals surface area contributed by atoms with Crippen molar-refractivity contribution in [1.29, 1.82) is 0 Å². The minimum Gasteiger partial charge on any atom is -0.480 e. The molecule has 10 heteroatoms. The normalized spacial score (nSPS) is 40.7. The maximum Gasteiger partial charge on any atom is 0.329 e. The first-order valence-electron chi connectivity index (χ1n) is 15.4. The molecule has 0 amide bonds. The van der Waals surface area contributed by atoms with Gasteiger partial charge in [-0.25, -0.2) is 14.4 Å². The molecule has 0 aromatic rings. The lowest BCUT2D eigenvalue weighted by Crippen LogP contribution is -2.63. The summed E-state index contributed by atoms with van der Waals surface area (Å²) in [5.74, 6) is -1.42. The fraction of sp³-hybridized carbons (Fsp3) is 0.903. The first-order chi connectivity index (χ1) is 19.4. The van der Waals surface area contributed by atoms with E-state index >= 15 is 0 Å². The number of fused-ring (bicyclic) bond motifs is 5. The summed E-state index contributed by atoms with van der Waals surface area (Å²) in [5.41, 5.74) is -0.329. The van der Waals surface area contributed by atoms with Gasteiger partial charge in [-0.05, 0) is 98.7 Å². The lowest BCUT2D eigenvalue weighted by Gasteiger charge is -2.64. The highest BCUT2D eigenvalue weighted by atomic mass is 16.5. The molecular formula is C31H50O10. The predicted molar refractivity (Wildman–Crippen MR) is 148 cm³/mol. The lowest BCUT2D eigenvalue weighted by molar-refractivity contribution is -0.229. The summed E-state index contributed by atoms with van der Waals surface area (Å²) in [7, 11) is 1.72. The van der Waals surface area contributed by atoms with E-state index in [1.807, 2.05) is 0 Å². The Kier molecular flexibility index (Phi) is 10.4. The van der Waals surface area contributed by atoms with Crippen LogP contribution in [0.2, 0.25) is 0 Å². The zero-order valence-electron chi connectivity index (χ0n) is 25.1. The zero-order valence-corrected chi connectivity index (χ0v) is 25.1. The molecule has 0 aliphatic heterocycles. The van der Waals surface area contributed by atoms with E-state index in [1.54, 1.807) is 7.11 Å².